The second-order valence-corrected chi connectivity index (χ2v) is 13.1. The summed E-state index contributed by atoms with van der Waals surface area (Å²) in [7, 11) is 2.91. The van der Waals surface area contributed by atoms with Crippen LogP contribution in [0.2, 0.25) is 0 Å². The van der Waals surface area contributed by atoms with Crippen LogP contribution in [0.3, 0.4) is 0 Å². The van der Waals surface area contributed by atoms with Crippen LogP contribution in [0.5, 0.6) is 5.75 Å². The molecule has 2 fully saturated rings. The van der Waals surface area contributed by atoms with E-state index in [0.717, 1.165) is 0 Å². The molecule has 14 nitrogen and oxygen atoms in total. The van der Waals surface area contributed by atoms with Crippen molar-refractivity contribution in [1.82, 2.24) is 25.3 Å². The van der Waals surface area contributed by atoms with Crippen molar-refractivity contribution >= 4 is 41.2 Å². The number of nitrogen functional groups attached to an aromatic ring is 1. The van der Waals surface area contributed by atoms with Crippen molar-refractivity contribution in [2.75, 3.05) is 26.4 Å². The third-order valence-electron chi connectivity index (χ3n) is 8.87. The SMILES string of the molecule is Cc1ccc(C(=O)N[C@@H]2C(=O)N[C@@H](C(C)C)C(=O)N3[C@@H](C)CC[C@H]3C(=O)N(C)CC(=O)N(C)[C@@H](C(C)C)C(=O)O[C@@H]2C)c(N)c1O. The Labute approximate surface area is 270 Å². The minimum absolute atomic E-state index is 0.111. The first-order chi connectivity index (χ1) is 21.4. The summed E-state index contributed by atoms with van der Waals surface area (Å²) in [5.41, 5.74) is 6.14. The Balaban J connectivity index is 2.11. The molecule has 3 rings (SSSR count). The van der Waals surface area contributed by atoms with Gasteiger partial charge in [0.15, 0.2) is 0 Å². The maximum atomic E-state index is 14.0. The second-order valence-electron chi connectivity index (χ2n) is 13.1. The fourth-order valence-electron chi connectivity index (χ4n) is 6.05. The number of esters is 1. The topological polar surface area (TPSA) is 192 Å². The zero-order valence-corrected chi connectivity index (χ0v) is 28.1. The van der Waals surface area contributed by atoms with Gasteiger partial charge < -0.3 is 40.9 Å². The number of phenols is 1. The molecule has 1 aromatic rings. The Kier molecular flexibility index (Phi) is 11.3. The average molecular weight is 645 g/mol. The lowest BCUT2D eigenvalue weighted by Crippen LogP contribution is -2.62. The average Bonchev–Trinajstić information content (AvgIpc) is 3.36. The third-order valence-corrected chi connectivity index (χ3v) is 8.87. The molecule has 6 atom stereocenters. The first-order valence-corrected chi connectivity index (χ1v) is 15.6. The van der Waals surface area contributed by atoms with Crippen LogP contribution in [0.25, 0.3) is 0 Å². The molecule has 1 aromatic carbocycles. The van der Waals surface area contributed by atoms with Crippen molar-refractivity contribution in [3.8, 4) is 5.75 Å². The molecule has 0 aromatic heterocycles. The van der Waals surface area contributed by atoms with E-state index in [4.69, 9.17) is 10.5 Å². The summed E-state index contributed by atoms with van der Waals surface area (Å²) in [6.45, 7) is 11.4. The number of phenolic OH excluding ortho intramolecular Hbond substituents is 1. The summed E-state index contributed by atoms with van der Waals surface area (Å²) >= 11 is 0. The Hall–Kier alpha value is -4.36. The number of nitrogens with two attached hydrogens (primary N) is 1. The fourth-order valence-corrected chi connectivity index (χ4v) is 6.05. The highest BCUT2D eigenvalue weighted by molar-refractivity contribution is 6.03. The van der Waals surface area contributed by atoms with E-state index in [-0.39, 0.29) is 29.6 Å². The smallest absolute Gasteiger partial charge is 0.329 e. The standard InChI is InChI=1S/C32H48N6O8/c1-15(2)24-31(44)38-18(6)11-13-21(38)30(43)36(8)14-22(39)37(9)26(16(3)4)32(45)46-19(7)25(29(42)34-24)35-28(41)20-12-10-17(5)27(40)23(20)33/h10,12,15-16,18-19,21,24-26,40H,11,13-14,33H2,1-9H3,(H,34,42)(H,35,41)/t18-,19+,21-,24-,25-,26-/m0/s1. The van der Waals surface area contributed by atoms with E-state index in [1.807, 2.05) is 6.92 Å². The lowest BCUT2D eigenvalue weighted by Gasteiger charge is -2.37. The molecule has 2 saturated heterocycles. The van der Waals surface area contributed by atoms with Crippen LogP contribution in [0.1, 0.15) is 70.3 Å². The highest BCUT2D eigenvalue weighted by Gasteiger charge is 2.45. The number of benzene rings is 1. The first kappa shape index (κ1) is 36.1. The van der Waals surface area contributed by atoms with Crippen LogP contribution in [-0.2, 0) is 28.7 Å². The fraction of sp³-hybridized carbons (Fsp3) is 0.625. The van der Waals surface area contributed by atoms with Gasteiger partial charge in [-0.2, -0.15) is 0 Å². The van der Waals surface area contributed by atoms with Gasteiger partial charge in [-0.05, 0) is 57.1 Å². The Morgan fingerprint density at radius 3 is 2.24 bits per heavy atom. The van der Waals surface area contributed by atoms with E-state index in [1.165, 1.54) is 47.9 Å². The molecular weight excluding hydrogens is 596 g/mol. The van der Waals surface area contributed by atoms with Gasteiger partial charge in [0.1, 0.15) is 36.0 Å². The second kappa shape index (κ2) is 14.4. The number of hydrogen-bond donors (Lipinski definition) is 4. The largest absolute Gasteiger partial charge is 0.505 e. The number of amides is 5. The summed E-state index contributed by atoms with van der Waals surface area (Å²) < 4.78 is 5.73. The number of aromatic hydroxyl groups is 1. The molecule has 0 bridgehead atoms. The molecule has 0 radical (unpaired) electrons. The van der Waals surface area contributed by atoms with Gasteiger partial charge in [-0.25, -0.2) is 4.79 Å². The first-order valence-electron chi connectivity index (χ1n) is 15.6. The number of likely N-dealkylation sites (N-methyl/N-ethyl adjacent to an activating group) is 2. The van der Waals surface area contributed by atoms with E-state index in [0.29, 0.717) is 18.4 Å². The maximum absolute atomic E-state index is 14.0. The number of anilines is 1. The molecule has 0 aliphatic carbocycles. The number of carbonyl (C=O) groups excluding carboxylic acids is 6. The molecule has 2 aliphatic rings. The van der Waals surface area contributed by atoms with Gasteiger partial charge in [-0.15, -0.1) is 0 Å². The molecular formula is C32H48N6O8. The van der Waals surface area contributed by atoms with Crippen LogP contribution < -0.4 is 16.4 Å². The number of hydrogen-bond acceptors (Lipinski definition) is 9. The van der Waals surface area contributed by atoms with Crippen LogP contribution >= 0.6 is 0 Å². The zero-order valence-electron chi connectivity index (χ0n) is 28.1. The number of nitrogens with one attached hydrogen (secondary N) is 2. The van der Waals surface area contributed by atoms with Crippen molar-refractivity contribution in [2.45, 2.75) is 97.6 Å². The summed E-state index contributed by atoms with van der Waals surface area (Å²) in [5.74, 6) is -5.05. The molecule has 46 heavy (non-hydrogen) atoms. The molecule has 254 valence electrons. The van der Waals surface area contributed by atoms with E-state index in [1.54, 1.807) is 34.6 Å². The minimum atomic E-state index is -1.52. The number of carbonyl (C=O) groups is 6. The van der Waals surface area contributed by atoms with Crippen molar-refractivity contribution in [1.29, 1.82) is 0 Å². The van der Waals surface area contributed by atoms with Gasteiger partial charge in [-0.3, -0.25) is 24.0 Å². The molecule has 5 amide bonds. The van der Waals surface area contributed by atoms with E-state index in [2.05, 4.69) is 10.6 Å². The Morgan fingerprint density at radius 1 is 1.02 bits per heavy atom. The number of nitrogens with zero attached hydrogens (tertiary/aromatic N) is 3. The third kappa shape index (κ3) is 7.37. The van der Waals surface area contributed by atoms with Crippen molar-refractivity contribution in [2.24, 2.45) is 11.8 Å². The highest BCUT2D eigenvalue weighted by atomic mass is 16.5. The van der Waals surface area contributed by atoms with Crippen molar-refractivity contribution in [3.05, 3.63) is 23.3 Å². The molecule has 5 N–H and O–H groups in total. The number of aryl methyl sites for hydroxylation is 1. The quantitative estimate of drug-likeness (QED) is 0.208. The van der Waals surface area contributed by atoms with Crippen LogP contribution in [-0.4, -0.2) is 112 Å². The number of rotatable bonds is 4. The van der Waals surface area contributed by atoms with Crippen LogP contribution in [0.4, 0.5) is 5.69 Å². The molecule has 0 unspecified atom stereocenters. The number of cyclic esters (lactones) is 1. The monoisotopic (exact) mass is 644 g/mol. The predicted octanol–water partition coefficient (Wildman–Crippen LogP) is 0.788. The molecule has 14 heteroatoms. The lowest BCUT2D eigenvalue weighted by molar-refractivity contribution is -0.163. The van der Waals surface area contributed by atoms with Gasteiger partial charge in [0.05, 0.1) is 17.8 Å². The van der Waals surface area contributed by atoms with E-state index >= 15 is 0 Å². The van der Waals surface area contributed by atoms with Crippen LogP contribution in [0.15, 0.2) is 12.1 Å². The van der Waals surface area contributed by atoms with Gasteiger partial charge in [0.2, 0.25) is 23.6 Å². The van der Waals surface area contributed by atoms with Gasteiger partial charge in [0, 0.05) is 20.1 Å². The summed E-state index contributed by atoms with van der Waals surface area (Å²) in [4.78, 5) is 85.9. The maximum Gasteiger partial charge on any atom is 0.329 e. The number of ether oxygens (including phenoxy) is 1. The Morgan fingerprint density at radius 2 is 1.65 bits per heavy atom. The van der Waals surface area contributed by atoms with Crippen molar-refractivity contribution in [3.63, 3.8) is 0 Å². The van der Waals surface area contributed by atoms with Gasteiger partial charge >= 0.3 is 5.97 Å². The predicted molar refractivity (Wildman–Crippen MR) is 169 cm³/mol. The molecule has 2 heterocycles. The van der Waals surface area contributed by atoms with E-state index < -0.39 is 77.6 Å². The van der Waals surface area contributed by atoms with E-state index in [9.17, 15) is 33.9 Å². The summed E-state index contributed by atoms with van der Waals surface area (Å²) in [5, 5.41) is 15.6. The molecule has 2 aliphatic heterocycles. The van der Waals surface area contributed by atoms with Crippen LogP contribution in [0, 0.1) is 18.8 Å². The minimum Gasteiger partial charge on any atom is -0.505 e. The van der Waals surface area contributed by atoms with Gasteiger partial charge in [0.25, 0.3) is 5.91 Å². The Bertz CT molecular complexity index is 1380. The van der Waals surface area contributed by atoms with Gasteiger partial charge in [-0.1, -0.05) is 33.8 Å². The molecule has 0 saturated carbocycles. The number of fused-ring (bicyclic) bond motifs is 1. The van der Waals surface area contributed by atoms with Crippen molar-refractivity contribution < 1.29 is 38.6 Å². The zero-order chi connectivity index (χ0) is 34.8. The summed E-state index contributed by atoms with van der Waals surface area (Å²) in [6.07, 6.45) is -0.360. The summed E-state index contributed by atoms with van der Waals surface area (Å²) in [6, 6.07) is -1.99. The highest BCUT2D eigenvalue weighted by Crippen LogP contribution is 2.29. The molecule has 0 spiro atoms. The lowest BCUT2D eigenvalue weighted by atomic mass is 9.99. The normalized spacial score (nSPS) is 27.2.